The Morgan fingerprint density at radius 3 is 3.23 bits per heavy atom. The van der Waals surface area contributed by atoms with E-state index in [0.29, 0.717) is 24.5 Å². The van der Waals surface area contributed by atoms with E-state index in [1.54, 1.807) is 12.2 Å². The van der Waals surface area contributed by atoms with Crippen LogP contribution in [0.4, 0.5) is 0 Å². The van der Waals surface area contributed by atoms with Gasteiger partial charge in [0.2, 0.25) is 0 Å². The highest BCUT2D eigenvalue weighted by Crippen LogP contribution is 2.29. The smallest absolute Gasteiger partial charge is 0.306 e. The first-order chi connectivity index (χ1) is 6.29. The molecule has 1 saturated heterocycles. The normalized spacial score (nSPS) is 35.7. The average Bonchev–Trinajstić information content (AvgIpc) is 2.17. The van der Waals surface area contributed by atoms with Crippen molar-refractivity contribution >= 4 is 11.7 Å². The lowest BCUT2D eigenvalue weighted by molar-refractivity contribution is -0.154. The molecule has 4 nitrogen and oxygen atoms in total. The number of nitrogens with zero attached hydrogens (tertiary/aromatic N) is 1. The highest BCUT2D eigenvalue weighted by molar-refractivity contribution is 5.95. The van der Waals surface area contributed by atoms with Gasteiger partial charge in [0.05, 0.1) is 5.71 Å². The Labute approximate surface area is 75.9 Å². The van der Waals surface area contributed by atoms with Crippen LogP contribution < -0.4 is 0 Å². The van der Waals surface area contributed by atoms with Crippen molar-refractivity contribution in [2.75, 3.05) is 0 Å². The number of carbonyl (C=O) groups is 1. The number of carbonyl (C=O) groups excluding carboxylic acids is 1. The Morgan fingerprint density at radius 1 is 1.62 bits per heavy atom. The standard InChI is InChI=1S/C9H11NO3/c11-9-4-1-6-5-7(10-12)2-3-8(6)13-9/h2-3,6,8,12H,1,4-5H2/b10-7+/t6-,8+/m0/s1. The molecule has 4 heteroatoms. The minimum absolute atomic E-state index is 0.105. The van der Waals surface area contributed by atoms with Gasteiger partial charge in [-0.1, -0.05) is 5.16 Å². The lowest BCUT2D eigenvalue weighted by Crippen LogP contribution is -2.34. The lowest BCUT2D eigenvalue weighted by Gasteiger charge is -2.31. The number of hydrogen-bond acceptors (Lipinski definition) is 4. The highest BCUT2D eigenvalue weighted by atomic mass is 16.5. The van der Waals surface area contributed by atoms with Crippen LogP contribution in [0, 0.1) is 5.92 Å². The predicted octanol–water partition coefficient (Wildman–Crippen LogP) is 1.10. The van der Waals surface area contributed by atoms with Crippen molar-refractivity contribution in [1.82, 2.24) is 0 Å². The van der Waals surface area contributed by atoms with Gasteiger partial charge in [-0.2, -0.15) is 0 Å². The second kappa shape index (κ2) is 3.20. The van der Waals surface area contributed by atoms with Gasteiger partial charge in [0.15, 0.2) is 0 Å². The number of oxime groups is 1. The number of hydrogen-bond donors (Lipinski definition) is 1. The second-order valence-electron chi connectivity index (χ2n) is 3.41. The molecule has 70 valence electrons. The summed E-state index contributed by atoms with van der Waals surface area (Å²) in [5, 5.41) is 11.7. The van der Waals surface area contributed by atoms with E-state index in [1.807, 2.05) is 0 Å². The molecule has 2 atom stereocenters. The zero-order chi connectivity index (χ0) is 9.26. The van der Waals surface area contributed by atoms with Crippen LogP contribution in [-0.2, 0) is 9.53 Å². The quantitative estimate of drug-likeness (QED) is 0.346. The van der Waals surface area contributed by atoms with Gasteiger partial charge in [0.1, 0.15) is 6.10 Å². The molecule has 0 radical (unpaired) electrons. The van der Waals surface area contributed by atoms with E-state index in [-0.39, 0.29) is 12.1 Å². The molecule has 0 spiro atoms. The molecule has 0 saturated carbocycles. The fraction of sp³-hybridized carbons (Fsp3) is 0.556. The lowest BCUT2D eigenvalue weighted by atomic mass is 9.85. The van der Waals surface area contributed by atoms with Crippen molar-refractivity contribution in [3.05, 3.63) is 12.2 Å². The summed E-state index contributed by atoms with van der Waals surface area (Å²) in [6, 6.07) is 0. The monoisotopic (exact) mass is 181 g/mol. The third kappa shape index (κ3) is 1.56. The fourth-order valence-electron chi connectivity index (χ4n) is 1.81. The van der Waals surface area contributed by atoms with Crippen molar-refractivity contribution in [3.63, 3.8) is 0 Å². The van der Waals surface area contributed by atoms with E-state index in [9.17, 15) is 4.79 Å². The molecule has 0 amide bonds. The van der Waals surface area contributed by atoms with E-state index < -0.39 is 0 Å². The fourth-order valence-corrected chi connectivity index (χ4v) is 1.81. The maximum absolute atomic E-state index is 10.9. The Morgan fingerprint density at radius 2 is 2.46 bits per heavy atom. The molecule has 0 aromatic carbocycles. The van der Waals surface area contributed by atoms with Gasteiger partial charge in [-0.25, -0.2) is 0 Å². The SMILES string of the molecule is O=C1CC[C@H]2C/C(=N/O)C=C[C@H]2O1. The molecule has 1 heterocycles. The predicted molar refractivity (Wildman–Crippen MR) is 45.6 cm³/mol. The van der Waals surface area contributed by atoms with E-state index in [4.69, 9.17) is 9.94 Å². The van der Waals surface area contributed by atoms with Crippen LogP contribution in [0.5, 0.6) is 0 Å². The van der Waals surface area contributed by atoms with E-state index in [2.05, 4.69) is 5.16 Å². The van der Waals surface area contributed by atoms with Crippen molar-refractivity contribution < 1.29 is 14.7 Å². The Bertz CT molecular complexity index is 283. The summed E-state index contributed by atoms with van der Waals surface area (Å²) in [6.07, 6.45) is 5.40. The van der Waals surface area contributed by atoms with Crippen molar-refractivity contribution in [1.29, 1.82) is 0 Å². The first kappa shape index (κ1) is 8.29. The van der Waals surface area contributed by atoms with Crippen LogP contribution in [0.1, 0.15) is 19.3 Å². The number of esters is 1. The van der Waals surface area contributed by atoms with Crippen LogP contribution in [0.3, 0.4) is 0 Å². The molecule has 0 unspecified atom stereocenters. The molecule has 0 aromatic heterocycles. The third-order valence-electron chi connectivity index (χ3n) is 2.53. The van der Waals surface area contributed by atoms with Crippen molar-refractivity contribution in [3.8, 4) is 0 Å². The van der Waals surface area contributed by atoms with Crippen LogP contribution >= 0.6 is 0 Å². The zero-order valence-corrected chi connectivity index (χ0v) is 7.14. The van der Waals surface area contributed by atoms with Gasteiger partial charge in [-0.15, -0.1) is 0 Å². The van der Waals surface area contributed by atoms with Crippen LogP contribution in [0.2, 0.25) is 0 Å². The molecule has 13 heavy (non-hydrogen) atoms. The summed E-state index contributed by atoms with van der Waals surface area (Å²) in [5.41, 5.74) is 0.666. The van der Waals surface area contributed by atoms with Crippen LogP contribution in [0.25, 0.3) is 0 Å². The van der Waals surface area contributed by atoms with E-state index >= 15 is 0 Å². The maximum atomic E-state index is 10.9. The van der Waals surface area contributed by atoms with Crippen LogP contribution in [0.15, 0.2) is 17.3 Å². The van der Waals surface area contributed by atoms with Gasteiger partial charge in [0, 0.05) is 12.3 Å². The van der Waals surface area contributed by atoms with Crippen molar-refractivity contribution in [2.24, 2.45) is 11.1 Å². The molecular weight excluding hydrogens is 170 g/mol. The summed E-state index contributed by atoms with van der Waals surface area (Å²) >= 11 is 0. The Balaban J connectivity index is 2.13. The number of allylic oxidation sites excluding steroid dienone is 1. The minimum atomic E-state index is -0.129. The average molecular weight is 181 g/mol. The Kier molecular flexibility index (Phi) is 2.04. The molecule has 1 aliphatic carbocycles. The molecule has 0 bridgehead atoms. The number of ether oxygens (including phenoxy) is 1. The largest absolute Gasteiger partial charge is 0.458 e. The second-order valence-corrected chi connectivity index (χ2v) is 3.41. The first-order valence-corrected chi connectivity index (χ1v) is 4.38. The molecule has 1 fully saturated rings. The van der Waals surface area contributed by atoms with Gasteiger partial charge in [-0.3, -0.25) is 4.79 Å². The zero-order valence-electron chi connectivity index (χ0n) is 7.14. The van der Waals surface area contributed by atoms with Crippen LogP contribution in [-0.4, -0.2) is 23.0 Å². The topological polar surface area (TPSA) is 58.9 Å². The molecular formula is C9H11NO3. The van der Waals surface area contributed by atoms with Gasteiger partial charge >= 0.3 is 5.97 Å². The maximum Gasteiger partial charge on any atom is 0.306 e. The molecule has 2 aliphatic rings. The van der Waals surface area contributed by atoms with Crippen molar-refractivity contribution in [2.45, 2.75) is 25.4 Å². The minimum Gasteiger partial charge on any atom is -0.458 e. The van der Waals surface area contributed by atoms with Gasteiger partial charge in [0.25, 0.3) is 0 Å². The molecule has 2 rings (SSSR count). The first-order valence-electron chi connectivity index (χ1n) is 4.38. The summed E-state index contributed by atoms with van der Waals surface area (Å²) in [7, 11) is 0. The van der Waals surface area contributed by atoms with Gasteiger partial charge in [-0.05, 0) is 25.0 Å². The summed E-state index contributed by atoms with van der Waals surface area (Å²) in [4.78, 5) is 10.9. The van der Waals surface area contributed by atoms with E-state index in [1.165, 1.54) is 0 Å². The molecule has 1 N–H and O–H groups in total. The molecule has 1 aliphatic heterocycles. The van der Waals surface area contributed by atoms with Gasteiger partial charge < -0.3 is 9.94 Å². The number of rotatable bonds is 0. The highest BCUT2D eigenvalue weighted by Gasteiger charge is 2.32. The summed E-state index contributed by atoms with van der Waals surface area (Å²) in [5.74, 6) is 0.170. The summed E-state index contributed by atoms with van der Waals surface area (Å²) in [6.45, 7) is 0. The molecule has 0 aromatic rings. The Hall–Kier alpha value is -1.32. The third-order valence-corrected chi connectivity index (χ3v) is 2.53. The summed E-state index contributed by atoms with van der Waals surface area (Å²) < 4.78 is 5.12. The number of fused-ring (bicyclic) bond motifs is 1. The van der Waals surface area contributed by atoms with E-state index in [0.717, 1.165) is 6.42 Å².